The van der Waals surface area contributed by atoms with Crippen LogP contribution in [0.1, 0.15) is 13.3 Å². The minimum absolute atomic E-state index is 0.102. The van der Waals surface area contributed by atoms with E-state index in [1.807, 2.05) is 0 Å². The number of rotatable bonds is 2. The Hall–Kier alpha value is -0.843. The van der Waals surface area contributed by atoms with Gasteiger partial charge in [0.15, 0.2) is 14.5 Å². The second kappa shape index (κ2) is 3.14. The van der Waals surface area contributed by atoms with Gasteiger partial charge in [-0.2, -0.15) is 0 Å². The van der Waals surface area contributed by atoms with Gasteiger partial charge in [-0.3, -0.25) is 9.59 Å². The van der Waals surface area contributed by atoms with Crippen LogP contribution in [0, 0.1) is 0 Å². The fraction of sp³-hybridized carbons (Fsp3) is 0.750. The number of esters is 1. The highest BCUT2D eigenvalue weighted by molar-refractivity contribution is 6.76. The van der Waals surface area contributed by atoms with Crippen molar-refractivity contribution in [1.29, 1.82) is 0 Å². The Morgan fingerprint density at radius 1 is 1.54 bits per heavy atom. The lowest BCUT2D eigenvalue weighted by molar-refractivity contribution is -0.172. The molecule has 1 rings (SSSR count). The summed E-state index contributed by atoms with van der Waals surface area (Å²) in [6, 6.07) is 0. The molecule has 1 heterocycles. The van der Waals surface area contributed by atoms with Crippen LogP contribution in [0.25, 0.3) is 0 Å². The molecule has 0 aliphatic carbocycles. The second-order valence-corrected chi connectivity index (χ2v) is 9.03. The van der Waals surface area contributed by atoms with Gasteiger partial charge in [0.05, 0.1) is 6.42 Å². The molecule has 13 heavy (non-hydrogen) atoms. The van der Waals surface area contributed by atoms with Crippen LogP contribution >= 0.6 is 0 Å². The van der Waals surface area contributed by atoms with Gasteiger partial charge in [0, 0.05) is 6.92 Å². The van der Waals surface area contributed by atoms with E-state index in [1.165, 1.54) is 6.92 Å². The second-order valence-electron chi connectivity index (χ2n) is 4.20. The van der Waals surface area contributed by atoms with Crippen LogP contribution < -0.4 is 0 Å². The van der Waals surface area contributed by atoms with Crippen molar-refractivity contribution >= 4 is 20.1 Å². The Morgan fingerprint density at radius 3 is 2.38 bits per heavy atom. The third-order valence-corrected chi connectivity index (χ3v) is 3.91. The van der Waals surface area contributed by atoms with Crippen molar-refractivity contribution in [2.24, 2.45) is 0 Å². The molecule has 1 fully saturated rings. The molecule has 1 aliphatic rings. The van der Waals surface area contributed by atoms with Crippen LogP contribution in [-0.2, 0) is 14.3 Å². The summed E-state index contributed by atoms with van der Waals surface area (Å²) < 4.78 is 6.73. The summed E-state index contributed by atoms with van der Waals surface area (Å²) >= 11 is 0. The lowest BCUT2D eigenvalue weighted by atomic mass is 10.2. The smallest absolute Gasteiger partial charge is 0.304 e. The van der Waals surface area contributed by atoms with E-state index in [0.29, 0.717) is 6.42 Å². The Morgan fingerprint density at radius 2 is 2.08 bits per heavy atom. The van der Waals surface area contributed by atoms with Crippen molar-refractivity contribution in [3.05, 3.63) is 0 Å². The molecule has 5 heteroatoms. The fourth-order valence-corrected chi connectivity index (χ4v) is 3.33. The molecule has 0 aromatic heterocycles. The zero-order valence-electron chi connectivity index (χ0n) is 8.46. The molecule has 0 aromatic carbocycles. The molecule has 1 aliphatic heterocycles. The predicted octanol–water partition coefficient (Wildman–Crippen LogP) is 0.943. The van der Waals surface area contributed by atoms with Crippen molar-refractivity contribution in [2.45, 2.75) is 39.2 Å². The molecule has 1 saturated heterocycles. The van der Waals surface area contributed by atoms with Gasteiger partial charge in [-0.05, 0) is 0 Å². The molecule has 0 saturated carbocycles. The van der Waals surface area contributed by atoms with E-state index in [9.17, 15) is 9.59 Å². The van der Waals surface area contributed by atoms with E-state index in [1.54, 1.807) is 4.57 Å². The van der Waals surface area contributed by atoms with E-state index in [2.05, 4.69) is 19.6 Å². The van der Waals surface area contributed by atoms with E-state index in [0.717, 1.165) is 0 Å². The van der Waals surface area contributed by atoms with E-state index < -0.39 is 8.24 Å². The van der Waals surface area contributed by atoms with Gasteiger partial charge in [0.25, 0.3) is 0 Å². The first-order valence-electron chi connectivity index (χ1n) is 4.32. The quantitative estimate of drug-likeness (QED) is 0.379. The average Bonchev–Trinajstić information content (AvgIpc) is 1.79. The van der Waals surface area contributed by atoms with Crippen LogP contribution in [0.15, 0.2) is 0 Å². The van der Waals surface area contributed by atoms with Crippen LogP contribution in [0.2, 0.25) is 19.6 Å². The number of nitrogens with zero attached hydrogens (tertiary/aromatic N) is 1. The van der Waals surface area contributed by atoms with Crippen molar-refractivity contribution in [3.8, 4) is 0 Å². The van der Waals surface area contributed by atoms with Gasteiger partial charge in [-0.15, -0.1) is 0 Å². The summed E-state index contributed by atoms with van der Waals surface area (Å²) in [6.45, 7) is 7.53. The van der Waals surface area contributed by atoms with Gasteiger partial charge in [0.2, 0.25) is 5.91 Å². The Kier molecular flexibility index (Phi) is 2.47. The van der Waals surface area contributed by atoms with E-state index in [4.69, 9.17) is 4.74 Å². The molecule has 1 amide bonds. The molecule has 0 radical (unpaired) electrons. The highest BCUT2D eigenvalue weighted by Gasteiger charge is 2.45. The van der Waals surface area contributed by atoms with Crippen molar-refractivity contribution in [3.63, 3.8) is 0 Å². The summed E-state index contributed by atoms with van der Waals surface area (Å²) in [5, 5.41) is 0. The molecule has 1 atom stereocenters. The molecule has 74 valence electrons. The summed E-state index contributed by atoms with van der Waals surface area (Å²) in [5.74, 6) is -0.217. The highest BCUT2D eigenvalue weighted by atomic mass is 28.3. The maximum atomic E-state index is 11.2. The van der Waals surface area contributed by atoms with Gasteiger partial charge in [0.1, 0.15) is 0 Å². The molecule has 0 bridgehead atoms. The number of hydrogen-bond acceptors (Lipinski definition) is 3. The van der Waals surface area contributed by atoms with Gasteiger partial charge in [-0.25, -0.2) is 0 Å². The minimum Gasteiger partial charge on any atom is -0.442 e. The zero-order chi connectivity index (χ0) is 10.2. The lowest BCUT2D eigenvalue weighted by Gasteiger charge is -2.46. The first kappa shape index (κ1) is 10.2. The molecule has 1 unspecified atom stereocenters. The number of carbonyl (C=O) groups excluding carboxylic acids is 2. The number of ether oxygens (including phenoxy) is 1. The van der Waals surface area contributed by atoms with Crippen LogP contribution in [-0.4, -0.2) is 30.9 Å². The van der Waals surface area contributed by atoms with Gasteiger partial charge < -0.3 is 9.30 Å². The average molecular weight is 201 g/mol. The monoisotopic (exact) mass is 201 g/mol. The first-order chi connectivity index (χ1) is 5.82. The molecule has 0 aromatic rings. The summed E-state index contributed by atoms with van der Waals surface area (Å²) in [5.41, 5.74) is 0. The first-order valence-corrected chi connectivity index (χ1v) is 7.76. The van der Waals surface area contributed by atoms with Crippen LogP contribution in [0.3, 0.4) is 0 Å². The maximum Gasteiger partial charge on any atom is 0.304 e. The zero-order valence-corrected chi connectivity index (χ0v) is 9.46. The summed E-state index contributed by atoms with van der Waals surface area (Å²) in [4.78, 5) is 21.9. The van der Waals surface area contributed by atoms with Crippen LogP contribution in [0.4, 0.5) is 0 Å². The Bertz CT molecular complexity index is 246. The molecule has 4 nitrogen and oxygen atoms in total. The lowest BCUT2D eigenvalue weighted by Crippen LogP contribution is -2.64. The minimum atomic E-state index is -1.66. The van der Waals surface area contributed by atoms with Gasteiger partial charge >= 0.3 is 5.97 Å². The Labute approximate surface area is 78.9 Å². The van der Waals surface area contributed by atoms with Crippen molar-refractivity contribution < 1.29 is 14.3 Å². The highest BCUT2D eigenvalue weighted by Crippen LogP contribution is 2.27. The van der Waals surface area contributed by atoms with Gasteiger partial charge in [-0.1, -0.05) is 19.6 Å². The predicted molar refractivity (Wildman–Crippen MR) is 50.4 cm³/mol. The maximum absolute atomic E-state index is 11.2. The number of amides is 1. The van der Waals surface area contributed by atoms with Crippen molar-refractivity contribution in [2.75, 3.05) is 0 Å². The number of hydrogen-bond donors (Lipinski definition) is 0. The third kappa shape index (κ3) is 2.09. The van der Waals surface area contributed by atoms with E-state index >= 15 is 0 Å². The molecule has 0 spiro atoms. The number of β-lactam (4-membered cyclic amide) rings is 1. The summed E-state index contributed by atoms with van der Waals surface area (Å²) in [7, 11) is -1.66. The SMILES string of the molecule is CC(=O)OC1CC(=O)N1[Si](C)(C)C. The van der Waals surface area contributed by atoms with Crippen molar-refractivity contribution in [1.82, 2.24) is 4.57 Å². The Balaban J connectivity index is 2.62. The number of carbonyl (C=O) groups is 2. The summed E-state index contributed by atoms with van der Waals surface area (Å²) in [6.07, 6.45) is 0.0563. The molecule has 0 N–H and O–H groups in total. The topological polar surface area (TPSA) is 46.6 Å². The third-order valence-electron chi connectivity index (χ3n) is 1.93. The normalized spacial score (nSPS) is 22.6. The van der Waals surface area contributed by atoms with Crippen LogP contribution in [0.5, 0.6) is 0 Å². The standard InChI is InChI=1S/C8H15NO3Si/c1-6(10)12-8-5-7(11)9(8)13(2,3)4/h8H,5H2,1-4H3. The fourth-order valence-electron chi connectivity index (χ4n) is 1.48. The molecular formula is C8H15NO3Si. The molecular weight excluding hydrogens is 186 g/mol. The van der Waals surface area contributed by atoms with E-state index in [-0.39, 0.29) is 18.1 Å². The largest absolute Gasteiger partial charge is 0.442 e.